The highest BCUT2D eigenvalue weighted by Gasteiger charge is 2.25. The Balaban J connectivity index is 1.83. The molecule has 24 heavy (non-hydrogen) atoms. The fraction of sp³-hybridized carbons (Fsp3) is 0.500. The number of nitrogens with one attached hydrogen (secondary N) is 1. The average molecular weight is 328 g/mol. The van der Waals surface area contributed by atoms with Crippen LogP contribution < -0.4 is 10.9 Å². The van der Waals surface area contributed by atoms with Crippen molar-refractivity contribution < 1.29 is 4.79 Å². The minimum Gasteiger partial charge on any atom is -0.321 e. The zero-order valence-electron chi connectivity index (χ0n) is 14.3. The summed E-state index contributed by atoms with van der Waals surface area (Å²) in [5, 5.41) is 7.45. The largest absolute Gasteiger partial charge is 0.321 e. The van der Waals surface area contributed by atoms with E-state index >= 15 is 0 Å². The van der Waals surface area contributed by atoms with E-state index < -0.39 is 0 Å². The molecule has 1 fully saturated rings. The molecule has 0 radical (unpaired) electrons. The summed E-state index contributed by atoms with van der Waals surface area (Å²) in [4.78, 5) is 24.4. The van der Waals surface area contributed by atoms with Gasteiger partial charge in [-0.05, 0) is 25.8 Å². The summed E-state index contributed by atoms with van der Waals surface area (Å²) in [5.74, 6) is 0.204. The Hall–Kier alpha value is -2.37. The van der Waals surface area contributed by atoms with Gasteiger partial charge in [-0.15, -0.1) is 0 Å². The second-order valence-corrected chi connectivity index (χ2v) is 6.43. The second-order valence-electron chi connectivity index (χ2n) is 6.43. The van der Waals surface area contributed by atoms with E-state index in [0.29, 0.717) is 23.7 Å². The van der Waals surface area contributed by atoms with E-state index in [9.17, 15) is 9.59 Å². The molecule has 2 heterocycles. The van der Waals surface area contributed by atoms with Crippen molar-refractivity contribution in [1.82, 2.24) is 14.3 Å². The van der Waals surface area contributed by atoms with E-state index in [1.807, 2.05) is 14.0 Å². The predicted molar refractivity (Wildman–Crippen MR) is 93.4 cm³/mol. The highest BCUT2D eigenvalue weighted by atomic mass is 16.2. The standard InChI is InChI=1S/C18H24N4O2/c1-3-22-11-14(9-10-16(22)23)19-18(24)15-12-21(2)20-17(15)13-7-5-4-6-8-13/h9-13H,3-8H2,1-2H3,(H,19,24). The lowest BCUT2D eigenvalue weighted by Gasteiger charge is -2.20. The minimum atomic E-state index is -0.162. The summed E-state index contributed by atoms with van der Waals surface area (Å²) < 4.78 is 3.28. The Morgan fingerprint density at radius 1 is 1.25 bits per heavy atom. The normalized spacial score (nSPS) is 15.4. The SMILES string of the molecule is CCn1cc(NC(=O)c2cn(C)nc2C2CCCCC2)ccc1=O. The number of amides is 1. The van der Waals surface area contributed by atoms with Crippen LogP contribution in [0.3, 0.4) is 0 Å². The first-order valence-corrected chi connectivity index (χ1v) is 8.64. The quantitative estimate of drug-likeness (QED) is 0.938. The molecule has 6 nitrogen and oxygen atoms in total. The molecule has 128 valence electrons. The van der Waals surface area contributed by atoms with Gasteiger partial charge in [0.25, 0.3) is 11.5 Å². The average Bonchev–Trinajstić information content (AvgIpc) is 2.99. The first-order valence-electron chi connectivity index (χ1n) is 8.64. The number of aromatic nitrogens is 3. The smallest absolute Gasteiger partial charge is 0.259 e. The van der Waals surface area contributed by atoms with E-state index in [2.05, 4.69) is 10.4 Å². The molecule has 1 N–H and O–H groups in total. The first kappa shape index (κ1) is 16.5. The van der Waals surface area contributed by atoms with Gasteiger partial charge in [0, 0.05) is 38.0 Å². The number of carbonyl (C=O) groups excluding carboxylic acids is 1. The molecule has 0 atom stereocenters. The van der Waals surface area contributed by atoms with E-state index in [-0.39, 0.29) is 11.5 Å². The number of hydrogen-bond acceptors (Lipinski definition) is 3. The number of hydrogen-bond donors (Lipinski definition) is 1. The van der Waals surface area contributed by atoms with Crippen LogP contribution in [0.15, 0.2) is 29.3 Å². The van der Waals surface area contributed by atoms with Gasteiger partial charge in [0.15, 0.2) is 0 Å². The lowest BCUT2D eigenvalue weighted by atomic mass is 9.85. The lowest BCUT2D eigenvalue weighted by Crippen LogP contribution is -2.20. The molecule has 3 rings (SSSR count). The molecule has 6 heteroatoms. The summed E-state index contributed by atoms with van der Waals surface area (Å²) in [5.41, 5.74) is 2.09. The maximum atomic E-state index is 12.7. The van der Waals surface area contributed by atoms with Gasteiger partial charge in [0.1, 0.15) is 0 Å². The van der Waals surface area contributed by atoms with Gasteiger partial charge in [0.2, 0.25) is 0 Å². The minimum absolute atomic E-state index is 0.0697. The summed E-state index contributed by atoms with van der Waals surface area (Å²) in [6.07, 6.45) is 9.32. The Morgan fingerprint density at radius 2 is 2.00 bits per heavy atom. The van der Waals surface area contributed by atoms with Crippen molar-refractivity contribution in [3.63, 3.8) is 0 Å². The molecule has 0 saturated heterocycles. The zero-order valence-corrected chi connectivity index (χ0v) is 14.3. The van der Waals surface area contributed by atoms with Gasteiger partial charge in [-0.3, -0.25) is 14.3 Å². The molecule has 0 aromatic carbocycles. The van der Waals surface area contributed by atoms with Gasteiger partial charge < -0.3 is 9.88 Å². The van der Waals surface area contributed by atoms with Crippen molar-refractivity contribution >= 4 is 11.6 Å². The van der Waals surface area contributed by atoms with E-state index in [4.69, 9.17) is 0 Å². The molecule has 0 aliphatic heterocycles. The van der Waals surface area contributed by atoms with Crippen LogP contribution in [0, 0.1) is 0 Å². The topological polar surface area (TPSA) is 68.9 Å². The fourth-order valence-corrected chi connectivity index (χ4v) is 3.41. The maximum Gasteiger partial charge on any atom is 0.259 e. The monoisotopic (exact) mass is 328 g/mol. The van der Waals surface area contributed by atoms with Crippen molar-refractivity contribution in [3.8, 4) is 0 Å². The highest BCUT2D eigenvalue weighted by Crippen LogP contribution is 2.33. The Morgan fingerprint density at radius 3 is 2.71 bits per heavy atom. The Bertz CT molecular complexity index is 785. The molecule has 1 aliphatic carbocycles. The van der Waals surface area contributed by atoms with E-state index in [0.717, 1.165) is 18.5 Å². The predicted octanol–water partition coefficient (Wildman–Crippen LogP) is 2.90. The van der Waals surface area contributed by atoms with E-state index in [1.165, 1.54) is 25.3 Å². The van der Waals surface area contributed by atoms with Crippen molar-refractivity contribution in [2.75, 3.05) is 5.32 Å². The zero-order chi connectivity index (χ0) is 17.1. The third kappa shape index (κ3) is 3.42. The third-order valence-corrected chi connectivity index (χ3v) is 4.68. The van der Waals surface area contributed by atoms with Crippen LogP contribution >= 0.6 is 0 Å². The number of nitrogens with zero attached hydrogens (tertiary/aromatic N) is 3. The summed E-state index contributed by atoms with van der Waals surface area (Å²) in [6.45, 7) is 2.47. The van der Waals surface area contributed by atoms with Gasteiger partial charge in [-0.25, -0.2) is 0 Å². The van der Waals surface area contributed by atoms with Gasteiger partial charge in [-0.1, -0.05) is 19.3 Å². The molecular weight excluding hydrogens is 304 g/mol. The Kier molecular flexibility index (Phi) is 4.83. The number of carbonyl (C=O) groups is 1. The van der Waals surface area contributed by atoms with Crippen LogP contribution in [-0.4, -0.2) is 20.3 Å². The van der Waals surface area contributed by atoms with Crippen molar-refractivity contribution in [2.45, 2.75) is 51.5 Å². The second kappa shape index (κ2) is 7.03. The first-order chi connectivity index (χ1) is 11.6. The summed E-state index contributed by atoms with van der Waals surface area (Å²) in [7, 11) is 1.85. The fourth-order valence-electron chi connectivity index (χ4n) is 3.41. The molecule has 0 unspecified atom stereocenters. The molecule has 1 amide bonds. The number of anilines is 1. The molecule has 1 saturated carbocycles. The van der Waals surface area contributed by atoms with Gasteiger partial charge >= 0.3 is 0 Å². The number of pyridine rings is 1. The van der Waals surface area contributed by atoms with Gasteiger partial charge in [-0.2, -0.15) is 5.10 Å². The van der Waals surface area contributed by atoms with E-state index in [1.54, 1.807) is 27.7 Å². The van der Waals surface area contributed by atoms with Crippen molar-refractivity contribution in [1.29, 1.82) is 0 Å². The van der Waals surface area contributed by atoms with Crippen LogP contribution in [-0.2, 0) is 13.6 Å². The molecule has 0 bridgehead atoms. The van der Waals surface area contributed by atoms with Crippen LogP contribution in [0.25, 0.3) is 0 Å². The van der Waals surface area contributed by atoms with Gasteiger partial charge in [0.05, 0.1) is 16.9 Å². The third-order valence-electron chi connectivity index (χ3n) is 4.68. The molecular formula is C18H24N4O2. The Labute approximate surface area is 141 Å². The number of aryl methyl sites for hydroxylation is 2. The summed E-state index contributed by atoms with van der Waals surface area (Å²) in [6, 6.07) is 3.12. The van der Waals surface area contributed by atoms with Crippen LogP contribution in [0.2, 0.25) is 0 Å². The van der Waals surface area contributed by atoms with Crippen LogP contribution in [0.5, 0.6) is 0 Å². The van der Waals surface area contributed by atoms with Crippen molar-refractivity contribution in [2.24, 2.45) is 7.05 Å². The number of rotatable bonds is 4. The molecule has 2 aromatic rings. The van der Waals surface area contributed by atoms with Crippen molar-refractivity contribution in [3.05, 3.63) is 46.1 Å². The molecule has 0 spiro atoms. The van der Waals surface area contributed by atoms with Crippen LogP contribution in [0.4, 0.5) is 5.69 Å². The molecule has 1 aliphatic rings. The lowest BCUT2D eigenvalue weighted by molar-refractivity contribution is 0.102. The summed E-state index contributed by atoms with van der Waals surface area (Å²) >= 11 is 0. The maximum absolute atomic E-state index is 12.7. The molecule has 2 aromatic heterocycles. The highest BCUT2D eigenvalue weighted by molar-refractivity contribution is 6.05. The van der Waals surface area contributed by atoms with Crippen LogP contribution in [0.1, 0.15) is 61.0 Å².